The van der Waals surface area contributed by atoms with E-state index in [1.165, 1.54) is 0 Å². The van der Waals surface area contributed by atoms with Gasteiger partial charge in [-0.1, -0.05) is 19.1 Å². The van der Waals surface area contributed by atoms with Crippen molar-refractivity contribution in [1.29, 1.82) is 0 Å². The average molecular weight is 439 g/mol. The lowest BCUT2D eigenvalue weighted by Gasteiger charge is -2.27. The van der Waals surface area contributed by atoms with Crippen molar-refractivity contribution in [2.24, 2.45) is 11.1 Å². The first-order chi connectivity index (χ1) is 13.8. The summed E-state index contributed by atoms with van der Waals surface area (Å²) < 4.78 is 34.1. The topological polar surface area (TPSA) is 124 Å². The highest BCUT2D eigenvalue weighted by Gasteiger charge is 2.31. The number of sulfonamides is 1. The number of ether oxygens (including phenoxy) is 1. The number of nitrogens with one attached hydrogen (secondary N) is 1. The number of carbonyl (C=O) groups is 1. The van der Waals surface area contributed by atoms with Crippen LogP contribution in [-0.2, 0) is 26.0 Å². The molecule has 1 aliphatic heterocycles. The van der Waals surface area contributed by atoms with Crippen LogP contribution in [0.5, 0.6) is 0 Å². The van der Waals surface area contributed by atoms with Gasteiger partial charge in [0.05, 0.1) is 10.8 Å². The number of carbonyl (C=O) groups excluding carboxylic acids is 1. The fraction of sp³-hybridized carbons (Fsp3) is 0.526. The molecule has 0 spiro atoms. The zero-order valence-corrected chi connectivity index (χ0v) is 18.2. The van der Waals surface area contributed by atoms with Crippen molar-refractivity contribution >= 4 is 32.6 Å². The van der Waals surface area contributed by atoms with Gasteiger partial charge in [0, 0.05) is 24.7 Å². The maximum Gasteiger partial charge on any atom is 0.238 e. The molecule has 0 saturated carbocycles. The van der Waals surface area contributed by atoms with E-state index in [0.717, 1.165) is 29.9 Å². The Kier molecular flexibility index (Phi) is 6.99. The molecule has 2 aromatic rings. The van der Waals surface area contributed by atoms with E-state index in [-0.39, 0.29) is 16.7 Å². The molecular formula is C19H26N4O4S2. The summed E-state index contributed by atoms with van der Waals surface area (Å²) in [4.78, 5) is 17.4. The molecule has 3 N–H and O–H groups in total. The van der Waals surface area contributed by atoms with Crippen molar-refractivity contribution in [2.75, 3.05) is 18.5 Å². The van der Waals surface area contributed by atoms with Gasteiger partial charge in [-0.05, 0) is 55.7 Å². The Labute approximate surface area is 175 Å². The Bertz CT molecular complexity index is 968. The number of nitrogens with zero attached hydrogens (tertiary/aromatic N) is 2. The summed E-state index contributed by atoms with van der Waals surface area (Å²) in [5.74, 6) is -0.137. The molecule has 0 unspecified atom stereocenters. The van der Waals surface area contributed by atoms with Gasteiger partial charge in [0.2, 0.25) is 21.1 Å². The third kappa shape index (κ3) is 5.59. The monoisotopic (exact) mass is 438 g/mol. The average Bonchev–Trinajstić information content (AvgIpc) is 3.10. The number of amides is 1. The summed E-state index contributed by atoms with van der Waals surface area (Å²) in [6.45, 7) is 4.97. The Morgan fingerprint density at radius 3 is 2.69 bits per heavy atom. The minimum Gasteiger partial charge on any atom is -0.381 e. The molecule has 1 atom stereocenters. The SMILES string of the molecule is CCc1ccc([C@@H](CC2CCOCC2)C(=O)Nc2nc(C)ns2)c(S(N)(=O)=O)c1. The minimum atomic E-state index is -3.98. The molecule has 29 heavy (non-hydrogen) atoms. The van der Waals surface area contributed by atoms with Crippen molar-refractivity contribution in [1.82, 2.24) is 9.36 Å². The van der Waals surface area contributed by atoms with Gasteiger partial charge in [0.1, 0.15) is 5.82 Å². The number of nitrogens with two attached hydrogens (primary N) is 1. The lowest BCUT2D eigenvalue weighted by molar-refractivity contribution is -0.118. The first-order valence-corrected chi connectivity index (χ1v) is 11.9. The van der Waals surface area contributed by atoms with Gasteiger partial charge in [0.15, 0.2) is 0 Å². The third-order valence-electron chi connectivity index (χ3n) is 5.15. The molecule has 1 fully saturated rings. The summed E-state index contributed by atoms with van der Waals surface area (Å²) >= 11 is 1.10. The van der Waals surface area contributed by atoms with Crippen LogP contribution in [0.1, 0.15) is 49.1 Å². The van der Waals surface area contributed by atoms with Crippen LogP contribution in [0.4, 0.5) is 5.13 Å². The van der Waals surface area contributed by atoms with Crippen LogP contribution in [0.15, 0.2) is 23.1 Å². The van der Waals surface area contributed by atoms with Crippen LogP contribution < -0.4 is 10.5 Å². The van der Waals surface area contributed by atoms with Crippen LogP contribution >= 0.6 is 11.5 Å². The van der Waals surface area contributed by atoms with E-state index >= 15 is 0 Å². The van der Waals surface area contributed by atoms with Crippen molar-refractivity contribution in [3.8, 4) is 0 Å². The predicted octanol–water partition coefficient (Wildman–Crippen LogP) is 2.60. The number of rotatable bonds is 7. The van der Waals surface area contributed by atoms with Crippen molar-refractivity contribution in [3.63, 3.8) is 0 Å². The molecule has 0 radical (unpaired) electrons. The van der Waals surface area contributed by atoms with E-state index < -0.39 is 15.9 Å². The Morgan fingerprint density at radius 2 is 2.10 bits per heavy atom. The summed E-state index contributed by atoms with van der Waals surface area (Å²) in [5, 5.41) is 8.70. The Balaban J connectivity index is 1.98. The molecule has 0 bridgehead atoms. The van der Waals surface area contributed by atoms with Crippen LogP contribution in [0, 0.1) is 12.8 Å². The van der Waals surface area contributed by atoms with Gasteiger partial charge >= 0.3 is 0 Å². The minimum absolute atomic E-state index is 0.0116. The molecule has 8 nitrogen and oxygen atoms in total. The highest BCUT2D eigenvalue weighted by atomic mass is 32.2. The Morgan fingerprint density at radius 1 is 1.38 bits per heavy atom. The number of aromatic nitrogens is 2. The second-order valence-electron chi connectivity index (χ2n) is 7.25. The van der Waals surface area contributed by atoms with Crippen molar-refractivity contribution in [2.45, 2.75) is 50.3 Å². The van der Waals surface area contributed by atoms with Crippen molar-refractivity contribution in [3.05, 3.63) is 35.2 Å². The third-order valence-corrected chi connectivity index (χ3v) is 6.84. The van der Waals surface area contributed by atoms with Crippen LogP contribution in [0.2, 0.25) is 0 Å². The predicted molar refractivity (Wildman–Crippen MR) is 111 cm³/mol. The number of hydrogen-bond donors (Lipinski definition) is 2. The van der Waals surface area contributed by atoms with E-state index in [1.54, 1.807) is 19.1 Å². The molecule has 1 aliphatic rings. The van der Waals surface area contributed by atoms with E-state index in [2.05, 4.69) is 14.7 Å². The first-order valence-electron chi connectivity index (χ1n) is 9.62. The zero-order valence-electron chi connectivity index (χ0n) is 16.6. The van der Waals surface area contributed by atoms with Gasteiger partial charge in [-0.15, -0.1) is 0 Å². The van der Waals surface area contributed by atoms with Gasteiger partial charge in [-0.3, -0.25) is 4.79 Å². The van der Waals surface area contributed by atoms with Gasteiger partial charge in [-0.25, -0.2) is 18.5 Å². The number of aryl methyl sites for hydroxylation is 2. The second-order valence-corrected chi connectivity index (χ2v) is 9.53. The summed E-state index contributed by atoms with van der Waals surface area (Å²) in [7, 11) is -3.98. The fourth-order valence-corrected chi connectivity index (χ4v) is 5.00. The van der Waals surface area contributed by atoms with Gasteiger partial charge in [-0.2, -0.15) is 4.37 Å². The quantitative estimate of drug-likeness (QED) is 0.685. The molecule has 1 amide bonds. The first kappa shape index (κ1) is 21.8. The molecule has 158 valence electrons. The summed E-state index contributed by atoms with van der Waals surface area (Å²) in [6.07, 6.45) is 2.85. The Hall–Kier alpha value is -1.88. The lowest BCUT2D eigenvalue weighted by Crippen LogP contribution is -2.28. The van der Waals surface area contributed by atoms with E-state index in [0.29, 0.717) is 42.6 Å². The maximum atomic E-state index is 13.2. The van der Waals surface area contributed by atoms with E-state index in [1.807, 2.05) is 13.0 Å². The summed E-state index contributed by atoms with van der Waals surface area (Å²) in [5.41, 5.74) is 1.28. The molecule has 1 aromatic heterocycles. The second kappa shape index (κ2) is 9.29. The highest BCUT2D eigenvalue weighted by Crippen LogP contribution is 2.34. The van der Waals surface area contributed by atoms with Gasteiger partial charge in [0.25, 0.3) is 0 Å². The standard InChI is InChI=1S/C19H26N4O4S2/c1-3-13-4-5-15(17(11-13)29(20,25)26)16(10-14-6-8-27-9-7-14)18(24)22-19-21-12(2)23-28-19/h4-5,11,14,16H,3,6-10H2,1-2H3,(H2,20,25,26)(H,21,22,23,24)/t16-/m1/s1. The maximum absolute atomic E-state index is 13.2. The molecule has 1 saturated heterocycles. The molecule has 2 heterocycles. The number of anilines is 1. The normalized spacial score (nSPS) is 16.5. The number of hydrogen-bond acceptors (Lipinski definition) is 7. The van der Waals surface area contributed by atoms with Crippen LogP contribution in [-0.4, -0.2) is 36.9 Å². The lowest BCUT2D eigenvalue weighted by atomic mass is 9.84. The highest BCUT2D eigenvalue weighted by molar-refractivity contribution is 7.89. The van der Waals surface area contributed by atoms with E-state index in [4.69, 9.17) is 9.88 Å². The molecule has 10 heteroatoms. The summed E-state index contributed by atoms with van der Waals surface area (Å²) in [6, 6.07) is 5.14. The van der Waals surface area contributed by atoms with Gasteiger partial charge < -0.3 is 10.1 Å². The van der Waals surface area contributed by atoms with Crippen LogP contribution in [0.3, 0.4) is 0 Å². The van der Waals surface area contributed by atoms with Crippen LogP contribution in [0.25, 0.3) is 0 Å². The van der Waals surface area contributed by atoms with E-state index in [9.17, 15) is 13.2 Å². The molecule has 1 aromatic carbocycles. The smallest absolute Gasteiger partial charge is 0.238 e. The number of primary sulfonamides is 1. The van der Waals surface area contributed by atoms with Crippen molar-refractivity contribution < 1.29 is 17.9 Å². The molecule has 3 rings (SSSR count). The zero-order chi connectivity index (χ0) is 21.0. The largest absolute Gasteiger partial charge is 0.381 e. The molecule has 0 aliphatic carbocycles. The fourth-order valence-electron chi connectivity index (χ4n) is 3.56. The molecular weight excluding hydrogens is 412 g/mol. The number of benzene rings is 1.